The number of hydrogen-bond donors (Lipinski definition) is 1. The first kappa shape index (κ1) is 17.0. The summed E-state index contributed by atoms with van der Waals surface area (Å²) in [6.07, 6.45) is 3.77. The monoisotopic (exact) mass is 337 g/mol. The minimum atomic E-state index is -0.472. The van der Waals surface area contributed by atoms with E-state index in [1.165, 1.54) is 0 Å². The van der Waals surface area contributed by atoms with Crippen LogP contribution < -0.4 is 10.6 Å². The molecule has 130 valence electrons. The van der Waals surface area contributed by atoms with E-state index in [4.69, 9.17) is 5.73 Å². The summed E-state index contributed by atoms with van der Waals surface area (Å²) in [6, 6.07) is 11.8. The van der Waals surface area contributed by atoms with Gasteiger partial charge in [0.25, 0.3) is 5.91 Å². The molecule has 2 aromatic heterocycles. The molecule has 0 bridgehead atoms. The van der Waals surface area contributed by atoms with E-state index in [0.29, 0.717) is 11.2 Å². The van der Waals surface area contributed by atoms with Crippen molar-refractivity contribution < 1.29 is 4.79 Å². The van der Waals surface area contributed by atoms with Crippen LogP contribution in [-0.2, 0) is 0 Å². The van der Waals surface area contributed by atoms with Crippen LogP contribution in [0, 0.1) is 0 Å². The zero-order valence-corrected chi connectivity index (χ0v) is 14.8. The molecule has 0 saturated carbocycles. The number of benzene rings is 1. The fourth-order valence-corrected chi connectivity index (χ4v) is 2.71. The van der Waals surface area contributed by atoms with Crippen molar-refractivity contribution in [3.8, 4) is 11.3 Å². The molecular weight excluding hydrogens is 314 g/mol. The maximum Gasteiger partial charge on any atom is 0.252 e. The van der Waals surface area contributed by atoms with Gasteiger partial charge in [-0.1, -0.05) is 12.1 Å². The third kappa shape index (κ3) is 3.64. The number of aromatic nitrogens is 2. The molecule has 0 unspecified atom stereocenters. The molecule has 0 aliphatic rings. The van der Waals surface area contributed by atoms with Gasteiger partial charge in [0.15, 0.2) is 0 Å². The maximum absolute atomic E-state index is 11.5. The van der Waals surface area contributed by atoms with Crippen molar-refractivity contribution in [3.63, 3.8) is 0 Å². The van der Waals surface area contributed by atoms with E-state index >= 15 is 0 Å². The number of fused-ring (bicyclic) bond motifs is 1. The fraction of sp³-hybridized carbons (Fsp3) is 0.263. The van der Waals surface area contributed by atoms with Crippen LogP contribution in [0.2, 0.25) is 0 Å². The molecule has 0 saturated heterocycles. The lowest BCUT2D eigenvalue weighted by Gasteiger charge is -2.21. The third-order valence-corrected chi connectivity index (χ3v) is 4.23. The minimum absolute atomic E-state index is 0.425. The molecule has 6 nitrogen and oxygen atoms in total. The van der Waals surface area contributed by atoms with Gasteiger partial charge in [0.1, 0.15) is 5.65 Å². The van der Waals surface area contributed by atoms with Crippen LogP contribution in [0.4, 0.5) is 5.69 Å². The van der Waals surface area contributed by atoms with Crippen molar-refractivity contribution in [2.75, 3.05) is 39.1 Å². The Kier molecular flexibility index (Phi) is 4.72. The summed E-state index contributed by atoms with van der Waals surface area (Å²) in [5.41, 5.74) is 9.41. The van der Waals surface area contributed by atoms with Crippen LogP contribution in [0.25, 0.3) is 16.9 Å². The highest BCUT2D eigenvalue weighted by molar-refractivity contribution is 5.98. The first-order valence-electron chi connectivity index (χ1n) is 8.19. The molecule has 2 N–H and O–H groups in total. The van der Waals surface area contributed by atoms with Gasteiger partial charge in [-0.15, -0.1) is 0 Å². The van der Waals surface area contributed by atoms with E-state index < -0.39 is 5.91 Å². The highest BCUT2D eigenvalue weighted by Crippen LogP contribution is 2.23. The van der Waals surface area contributed by atoms with Crippen molar-refractivity contribution >= 4 is 17.2 Å². The Balaban J connectivity index is 1.86. The molecule has 6 heteroatoms. The second kappa shape index (κ2) is 6.94. The number of primary amides is 1. The number of pyridine rings is 1. The highest BCUT2D eigenvalue weighted by Gasteiger charge is 2.11. The van der Waals surface area contributed by atoms with Crippen LogP contribution in [-0.4, -0.2) is 54.4 Å². The number of nitrogens with zero attached hydrogens (tertiary/aromatic N) is 4. The highest BCUT2D eigenvalue weighted by atomic mass is 16.1. The zero-order chi connectivity index (χ0) is 18.0. The van der Waals surface area contributed by atoms with E-state index in [1.54, 1.807) is 12.1 Å². The average molecular weight is 337 g/mol. The Bertz CT molecular complexity index is 882. The topological polar surface area (TPSA) is 66.9 Å². The van der Waals surface area contributed by atoms with Gasteiger partial charge in [0, 0.05) is 43.8 Å². The third-order valence-electron chi connectivity index (χ3n) is 4.23. The molecule has 1 aromatic carbocycles. The number of carbonyl (C=O) groups excluding carboxylic acids is 1. The summed E-state index contributed by atoms with van der Waals surface area (Å²) in [5.74, 6) is -0.472. The Labute approximate surface area is 147 Å². The molecule has 25 heavy (non-hydrogen) atoms. The van der Waals surface area contributed by atoms with Gasteiger partial charge in [-0.3, -0.25) is 4.79 Å². The molecule has 1 amide bonds. The van der Waals surface area contributed by atoms with E-state index in [0.717, 1.165) is 30.0 Å². The van der Waals surface area contributed by atoms with Crippen LogP contribution >= 0.6 is 0 Å². The number of likely N-dealkylation sites (N-methyl/N-ethyl adjacent to an activating group) is 2. The lowest BCUT2D eigenvalue weighted by atomic mass is 10.1. The summed E-state index contributed by atoms with van der Waals surface area (Å²) in [4.78, 5) is 20.5. The minimum Gasteiger partial charge on any atom is -0.373 e. The first-order valence-corrected chi connectivity index (χ1v) is 8.19. The van der Waals surface area contributed by atoms with Gasteiger partial charge in [-0.25, -0.2) is 4.98 Å². The van der Waals surface area contributed by atoms with Gasteiger partial charge < -0.3 is 19.9 Å². The standard InChI is InChI=1S/C19H23N5O/c1-22(2)11-12-23(3)15-8-6-14(7-9-15)17-13-24-10-4-5-16(18(20)25)19(24)21-17/h4-10,13H,11-12H2,1-3H3,(H2,20,25). The van der Waals surface area contributed by atoms with Crippen molar-refractivity contribution in [1.82, 2.24) is 14.3 Å². The number of carbonyl (C=O) groups is 1. The van der Waals surface area contributed by atoms with Crippen LogP contribution in [0.3, 0.4) is 0 Å². The summed E-state index contributed by atoms with van der Waals surface area (Å²) >= 11 is 0. The lowest BCUT2D eigenvalue weighted by Crippen LogP contribution is -2.28. The normalized spacial score (nSPS) is 11.2. The second-order valence-electron chi connectivity index (χ2n) is 6.41. The SMILES string of the molecule is CN(C)CCN(C)c1ccc(-c2cn3cccc(C(N)=O)c3n2)cc1. The maximum atomic E-state index is 11.5. The molecular formula is C19H23N5O. The lowest BCUT2D eigenvalue weighted by molar-refractivity contribution is 0.100. The van der Waals surface area contributed by atoms with Crippen molar-refractivity contribution in [2.24, 2.45) is 5.73 Å². The summed E-state index contributed by atoms with van der Waals surface area (Å²) in [6.45, 7) is 1.96. The zero-order valence-electron chi connectivity index (χ0n) is 14.8. The largest absolute Gasteiger partial charge is 0.373 e. The number of imidazole rings is 1. The van der Waals surface area contributed by atoms with Gasteiger partial charge >= 0.3 is 0 Å². The number of anilines is 1. The van der Waals surface area contributed by atoms with Gasteiger partial charge in [-0.05, 0) is 38.4 Å². The van der Waals surface area contributed by atoms with Crippen molar-refractivity contribution in [1.29, 1.82) is 0 Å². The molecule has 3 aromatic rings. The summed E-state index contributed by atoms with van der Waals surface area (Å²) in [5, 5.41) is 0. The van der Waals surface area contributed by atoms with Gasteiger partial charge in [0.2, 0.25) is 0 Å². The fourth-order valence-electron chi connectivity index (χ4n) is 2.71. The van der Waals surface area contributed by atoms with Gasteiger partial charge in [-0.2, -0.15) is 0 Å². The van der Waals surface area contributed by atoms with E-state index in [-0.39, 0.29) is 0 Å². The molecule has 0 aliphatic heterocycles. The first-order chi connectivity index (χ1) is 12.0. The average Bonchev–Trinajstić information content (AvgIpc) is 3.03. The number of amides is 1. The Hall–Kier alpha value is -2.86. The predicted molar refractivity (Wildman–Crippen MR) is 101 cm³/mol. The number of rotatable bonds is 6. The number of nitrogens with two attached hydrogens (primary N) is 1. The van der Waals surface area contributed by atoms with Crippen LogP contribution in [0.5, 0.6) is 0 Å². The molecule has 3 rings (SSSR count). The Morgan fingerprint density at radius 3 is 2.48 bits per heavy atom. The predicted octanol–water partition coefficient (Wildman–Crippen LogP) is 2.10. The van der Waals surface area contributed by atoms with Crippen LogP contribution in [0.15, 0.2) is 48.8 Å². The van der Waals surface area contributed by atoms with Crippen molar-refractivity contribution in [3.05, 3.63) is 54.4 Å². The summed E-state index contributed by atoms with van der Waals surface area (Å²) in [7, 11) is 6.23. The van der Waals surface area contributed by atoms with E-state index in [2.05, 4.69) is 48.1 Å². The summed E-state index contributed by atoms with van der Waals surface area (Å²) < 4.78 is 1.83. The smallest absolute Gasteiger partial charge is 0.252 e. The molecule has 2 heterocycles. The molecule has 0 atom stereocenters. The van der Waals surface area contributed by atoms with Crippen molar-refractivity contribution in [2.45, 2.75) is 0 Å². The van der Waals surface area contributed by atoms with E-state index in [9.17, 15) is 4.79 Å². The quantitative estimate of drug-likeness (QED) is 0.748. The second-order valence-corrected chi connectivity index (χ2v) is 6.41. The van der Waals surface area contributed by atoms with E-state index in [1.807, 2.05) is 28.9 Å². The Morgan fingerprint density at radius 1 is 1.12 bits per heavy atom. The molecule has 0 fully saturated rings. The number of hydrogen-bond acceptors (Lipinski definition) is 4. The molecule has 0 radical (unpaired) electrons. The van der Waals surface area contributed by atoms with Gasteiger partial charge in [0.05, 0.1) is 11.3 Å². The Morgan fingerprint density at radius 2 is 1.84 bits per heavy atom. The molecule has 0 spiro atoms. The molecule has 0 aliphatic carbocycles. The van der Waals surface area contributed by atoms with Crippen LogP contribution in [0.1, 0.15) is 10.4 Å².